The molecule has 2 aromatic rings. The summed E-state index contributed by atoms with van der Waals surface area (Å²) in [6, 6.07) is 7.93. The minimum Gasteiger partial charge on any atom is -0.383 e. The van der Waals surface area contributed by atoms with E-state index in [0.29, 0.717) is 11.1 Å². The summed E-state index contributed by atoms with van der Waals surface area (Å²) in [6.45, 7) is 1.62. The van der Waals surface area contributed by atoms with Crippen molar-refractivity contribution in [2.45, 2.75) is 11.8 Å². The van der Waals surface area contributed by atoms with E-state index in [1.165, 1.54) is 18.2 Å². The summed E-state index contributed by atoms with van der Waals surface area (Å²) in [4.78, 5) is 0.205. The molecule has 0 aromatic heterocycles. The lowest BCUT2D eigenvalue weighted by Gasteiger charge is -2.03. The molecule has 21 heavy (non-hydrogen) atoms. The molecule has 0 spiro atoms. The third kappa shape index (κ3) is 3.65. The number of benzene rings is 2. The van der Waals surface area contributed by atoms with Gasteiger partial charge in [-0.15, -0.1) is 0 Å². The van der Waals surface area contributed by atoms with Gasteiger partial charge in [0.2, 0.25) is 0 Å². The average molecular weight is 329 g/mol. The average Bonchev–Trinajstić information content (AvgIpc) is 2.44. The number of aryl methyl sites for hydroxylation is 1. The Hall–Kier alpha value is -1.79. The maximum Gasteiger partial charge on any atom is 0.174 e. The lowest BCUT2D eigenvalue weighted by atomic mass is 10.1. The van der Waals surface area contributed by atoms with Crippen LogP contribution in [0.1, 0.15) is 11.1 Å². The Morgan fingerprint density at radius 1 is 1.19 bits per heavy atom. The van der Waals surface area contributed by atoms with Crippen molar-refractivity contribution in [1.29, 1.82) is 0 Å². The molecule has 3 nitrogen and oxygen atoms in total. The van der Waals surface area contributed by atoms with Crippen LogP contribution in [-0.4, -0.2) is 10.0 Å². The number of hydrogen-bond donors (Lipinski definition) is 1. The Kier molecular flexibility index (Phi) is 4.69. The van der Waals surface area contributed by atoms with E-state index < -0.39 is 22.6 Å². The minimum atomic E-state index is -1.86. The number of amidine groups is 1. The van der Waals surface area contributed by atoms with Crippen LogP contribution >= 0.6 is 11.6 Å². The third-order valence-electron chi connectivity index (χ3n) is 2.74. The van der Waals surface area contributed by atoms with E-state index in [1.54, 1.807) is 19.1 Å². The molecule has 0 aliphatic rings. The van der Waals surface area contributed by atoms with Crippen molar-refractivity contribution in [2.24, 2.45) is 10.1 Å². The van der Waals surface area contributed by atoms with Gasteiger partial charge >= 0.3 is 0 Å². The predicted molar refractivity (Wildman–Crippen MR) is 79.7 cm³/mol. The van der Waals surface area contributed by atoms with Crippen molar-refractivity contribution in [2.75, 3.05) is 0 Å². The van der Waals surface area contributed by atoms with E-state index in [1.807, 2.05) is 0 Å². The van der Waals surface area contributed by atoms with Gasteiger partial charge in [0, 0.05) is 5.56 Å². The SMILES string of the molecule is Cc1ccc(C(N)=NS(=O)c2ccc(F)c(Cl)c2)cc1F. The van der Waals surface area contributed by atoms with E-state index >= 15 is 0 Å². The van der Waals surface area contributed by atoms with E-state index in [9.17, 15) is 13.0 Å². The lowest BCUT2D eigenvalue weighted by Crippen LogP contribution is -2.15. The monoisotopic (exact) mass is 328 g/mol. The van der Waals surface area contributed by atoms with Crippen LogP contribution in [0, 0.1) is 18.6 Å². The normalized spacial score (nSPS) is 13.2. The Morgan fingerprint density at radius 2 is 1.90 bits per heavy atom. The summed E-state index contributed by atoms with van der Waals surface area (Å²) in [5.41, 5.74) is 6.49. The fourth-order valence-electron chi connectivity index (χ4n) is 1.53. The zero-order valence-electron chi connectivity index (χ0n) is 10.9. The number of nitrogens with zero attached hydrogens (tertiary/aromatic N) is 1. The van der Waals surface area contributed by atoms with Crippen LogP contribution in [0.15, 0.2) is 45.7 Å². The molecule has 0 heterocycles. The summed E-state index contributed by atoms with van der Waals surface area (Å²) in [5, 5.41) is -0.156. The fraction of sp³-hybridized carbons (Fsp3) is 0.0714. The Labute approximate surface area is 128 Å². The number of halogens is 3. The molecule has 0 aliphatic heterocycles. The van der Waals surface area contributed by atoms with E-state index in [4.69, 9.17) is 17.3 Å². The van der Waals surface area contributed by atoms with Gasteiger partial charge in [-0.1, -0.05) is 23.7 Å². The van der Waals surface area contributed by atoms with Crippen molar-refractivity contribution in [1.82, 2.24) is 0 Å². The quantitative estimate of drug-likeness (QED) is 0.694. The van der Waals surface area contributed by atoms with Gasteiger partial charge in [-0.05, 0) is 36.8 Å². The van der Waals surface area contributed by atoms with Gasteiger partial charge < -0.3 is 5.73 Å². The van der Waals surface area contributed by atoms with E-state index in [2.05, 4.69) is 4.40 Å². The maximum absolute atomic E-state index is 13.5. The molecule has 0 bridgehead atoms. The molecule has 0 saturated heterocycles. The first-order valence-electron chi connectivity index (χ1n) is 5.86. The molecule has 1 unspecified atom stereocenters. The van der Waals surface area contributed by atoms with Crippen LogP contribution in [-0.2, 0) is 11.0 Å². The third-order valence-corrected chi connectivity index (χ3v) is 4.05. The topological polar surface area (TPSA) is 55.4 Å². The highest BCUT2D eigenvalue weighted by Gasteiger charge is 2.09. The summed E-state index contributed by atoms with van der Waals surface area (Å²) < 4.78 is 42.3. The van der Waals surface area contributed by atoms with Crippen LogP contribution in [0.3, 0.4) is 0 Å². The second-order valence-electron chi connectivity index (χ2n) is 4.27. The van der Waals surface area contributed by atoms with E-state index in [0.717, 1.165) is 6.07 Å². The standard InChI is InChI=1S/C14H11ClF2N2OS/c1-8-2-3-9(6-13(8)17)14(18)19-21(20)10-4-5-12(16)11(15)7-10/h2-7H,1H3,(H2,18,19). The highest BCUT2D eigenvalue weighted by molar-refractivity contribution is 7.84. The zero-order chi connectivity index (χ0) is 15.6. The van der Waals surface area contributed by atoms with E-state index in [-0.39, 0.29) is 15.8 Å². The van der Waals surface area contributed by atoms with Crippen molar-refractivity contribution < 1.29 is 13.0 Å². The molecular weight excluding hydrogens is 318 g/mol. The molecule has 110 valence electrons. The Balaban J connectivity index is 2.30. The van der Waals surface area contributed by atoms with Crippen molar-refractivity contribution in [3.8, 4) is 0 Å². The predicted octanol–water partition coefficient (Wildman–Crippen LogP) is 3.35. The first-order valence-corrected chi connectivity index (χ1v) is 7.34. The lowest BCUT2D eigenvalue weighted by molar-refractivity contribution is 0.618. The van der Waals surface area contributed by atoms with Gasteiger partial charge in [0.1, 0.15) is 17.5 Å². The molecule has 0 saturated carbocycles. The van der Waals surface area contributed by atoms with Crippen LogP contribution in [0.5, 0.6) is 0 Å². The molecule has 1 atom stereocenters. The molecule has 2 N–H and O–H groups in total. The summed E-state index contributed by atoms with van der Waals surface area (Å²) >= 11 is 5.61. The smallest absolute Gasteiger partial charge is 0.174 e. The minimum absolute atomic E-state index is 0.0762. The van der Waals surface area contributed by atoms with Crippen molar-refractivity contribution in [3.05, 3.63) is 64.2 Å². The molecule has 0 amide bonds. The molecular formula is C14H11ClF2N2OS. The highest BCUT2D eigenvalue weighted by Crippen LogP contribution is 2.19. The van der Waals surface area contributed by atoms with Crippen LogP contribution in [0.25, 0.3) is 0 Å². The molecule has 0 radical (unpaired) electrons. The first-order chi connectivity index (χ1) is 9.88. The zero-order valence-corrected chi connectivity index (χ0v) is 12.5. The first kappa shape index (κ1) is 15.6. The second-order valence-corrected chi connectivity index (χ2v) is 5.83. The largest absolute Gasteiger partial charge is 0.383 e. The fourth-order valence-corrected chi connectivity index (χ4v) is 2.57. The number of nitrogens with two attached hydrogens (primary N) is 1. The van der Waals surface area contributed by atoms with Crippen LogP contribution < -0.4 is 5.73 Å². The number of rotatable bonds is 3. The van der Waals surface area contributed by atoms with Gasteiger partial charge in [0.05, 0.1) is 9.92 Å². The molecule has 7 heteroatoms. The van der Waals surface area contributed by atoms with Crippen LogP contribution in [0.2, 0.25) is 5.02 Å². The summed E-state index contributed by atoms with van der Waals surface area (Å²) in [7, 11) is -1.86. The van der Waals surface area contributed by atoms with Crippen molar-refractivity contribution in [3.63, 3.8) is 0 Å². The summed E-state index contributed by atoms with van der Waals surface area (Å²) in [5.74, 6) is -1.12. The highest BCUT2D eigenvalue weighted by atomic mass is 35.5. The van der Waals surface area contributed by atoms with Crippen LogP contribution in [0.4, 0.5) is 8.78 Å². The maximum atomic E-state index is 13.5. The Morgan fingerprint density at radius 3 is 2.52 bits per heavy atom. The second kappa shape index (κ2) is 6.32. The van der Waals surface area contributed by atoms with Gasteiger partial charge in [0.15, 0.2) is 11.0 Å². The van der Waals surface area contributed by atoms with Gasteiger partial charge in [-0.2, -0.15) is 4.40 Å². The van der Waals surface area contributed by atoms with Gasteiger partial charge in [-0.25, -0.2) is 13.0 Å². The van der Waals surface area contributed by atoms with Gasteiger partial charge in [0.25, 0.3) is 0 Å². The molecule has 2 rings (SSSR count). The van der Waals surface area contributed by atoms with Crippen molar-refractivity contribution >= 4 is 28.4 Å². The Bertz CT molecular complexity index is 750. The summed E-state index contributed by atoms with van der Waals surface area (Å²) in [6.07, 6.45) is 0. The molecule has 0 aliphatic carbocycles. The van der Waals surface area contributed by atoms with Gasteiger partial charge in [-0.3, -0.25) is 0 Å². The molecule has 0 fully saturated rings. The molecule has 2 aromatic carbocycles. The number of hydrogen-bond acceptors (Lipinski definition) is 1.